The second-order valence-electron chi connectivity index (χ2n) is 5.64. The van der Waals surface area contributed by atoms with E-state index in [0.717, 1.165) is 19.3 Å². The van der Waals surface area contributed by atoms with Gasteiger partial charge in [0.1, 0.15) is 5.82 Å². The number of hydrogen-bond donors (Lipinski definition) is 1. The smallest absolute Gasteiger partial charge is 0.341 e. The Morgan fingerprint density at radius 3 is 2.77 bits per heavy atom. The molecule has 1 fully saturated rings. The van der Waals surface area contributed by atoms with Crippen molar-refractivity contribution in [2.75, 3.05) is 6.61 Å². The van der Waals surface area contributed by atoms with Crippen LogP contribution in [0.25, 0.3) is 0 Å². The van der Waals surface area contributed by atoms with E-state index in [1.54, 1.807) is 6.07 Å². The Hall–Kier alpha value is -1.43. The summed E-state index contributed by atoms with van der Waals surface area (Å²) in [6, 6.07) is 4.18. The molecule has 2 rings (SSSR count). The lowest BCUT2D eigenvalue weighted by Gasteiger charge is -2.29. The van der Waals surface area contributed by atoms with E-state index in [-0.39, 0.29) is 17.5 Å². The van der Waals surface area contributed by atoms with Crippen molar-refractivity contribution in [3.8, 4) is 0 Å². The molecule has 22 heavy (non-hydrogen) atoms. The number of benzene rings is 1. The standard InChI is InChI=1S/C16H19BrFNO3/c1-10-4-2-3-5-14(10)19-15(20)9-22-16(21)12-7-6-11(17)8-13(12)18/h6-8,10,14H,2-5,9H2,1H3,(H,19,20)/t10-,14-/m0/s1. The highest BCUT2D eigenvalue weighted by Crippen LogP contribution is 2.23. The van der Waals surface area contributed by atoms with Crippen LogP contribution in [0.2, 0.25) is 0 Å². The molecule has 4 nitrogen and oxygen atoms in total. The minimum atomic E-state index is -0.836. The molecule has 0 spiro atoms. The Labute approximate surface area is 137 Å². The van der Waals surface area contributed by atoms with Crippen molar-refractivity contribution in [3.63, 3.8) is 0 Å². The van der Waals surface area contributed by atoms with E-state index < -0.39 is 18.4 Å². The zero-order chi connectivity index (χ0) is 16.1. The topological polar surface area (TPSA) is 55.4 Å². The zero-order valence-electron chi connectivity index (χ0n) is 12.4. The summed E-state index contributed by atoms with van der Waals surface area (Å²) in [5.41, 5.74) is -0.179. The molecule has 1 aliphatic rings. The van der Waals surface area contributed by atoms with Gasteiger partial charge in [0, 0.05) is 10.5 Å². The van der Waals surface area contributed by atoms with E-state index in [1.165, 1.54) is 18.6 Å². The fourth-order valence-corrected chi connectivity index (χ4v) is 2.98. The molecule has 1 amide bonds. The first-order valence-corrected chi connectivity index (χ1v) is 8.18. The Kier molecular flexibility index (Phi) is 5.94. The Morgan fingerprint density at radius 2 is 2.09 bits per heavy atom. The van der Waals surface area contributed by atoms with Crippen LogP contribution in [0.4, 0.5) is 4.39 Å². The average molecular weight is 372 g/mol. The predicted octanol–water partition coefficient (Wildman–Crippen LogP) is 3.44. The van der Waals surface area contributed by atoms with Gasteiger partial charge in [0.05, 0.1) is 5.56 Å². The normalized spacial score (nSPS) is 21.2. The first kappa shape index (κ1) is 16.9. The molecule has 0 unspecified atom stereocenters. The molecule has 1 aromatic carbocycles. The van der Waals surface area contributed by atoms with Crippen molar-refractivity contribution < 1.29 is 18.7 Å². The molecule has 0 saturated heterocycles. The van der Waals surface area contributed by atoms with E-state index >= 15 is 0 Å². The average Bonchev–Trinajstić information content (AvgIpc) is 2.47. The van der Waals surface area contributed by atoms with Crippen LogP contribution in [0.5, 0.6) is 0 Å². The summed E-state index contributed by atoms with van der Waals surface area (Å²) in [6.45, 7) is 1.71. The van der Waals surface area contributed by atoms with Gasteiger partial charge in [0.15, 0.2) is 6.61 Å². The molecule has 0 radical (unpaired) electrons. The maximum Gasteiger partial charge on any atom is 0.341 e. The molecule has 2 atom stereocenters. The number of halogens is 2. The van der Waals surface area contributed by atoms with Gasteiger partial charge in [-0.15, -0.1) is 0 Å². The number of hydrogen-bond acceptors (Lipinski definition) is 3. The summed E-state index contributed by atoms with van der Waals surface area (Å²) in [5, 5.41) is 2.88. The Bertz CT molecular complexity index is 564. The van der Waals surface area contributed by atoms with Crippen LogP contribution in [0.1, 0.15) is 43.0 Å². The number of carbonyl (C=O) groups excluding carboxylic acids is 2. The predicted molar refractivity (Wildman–Crippen MR) is 83.9 cm³/mol. The monoisotopic (exact) mass is 371 g/mol. The van der Waals surface area contributed by atoms with Gasteiger partial charge in [-0.3, -0.25) is 4.79 Å². The number of rotatable bonds is 4. The van der Waals surface area contributed by atoms with Crippen LogP contribution in [0.15, 0.2) is 22.7 Å². The summed E-state index contributed by atoms with van der Waals surface area (Å²) in [7, 11) is 0. The maximum absolute atomic E-state index is 13.6. The molecular formula is C16H19BrFNO3. The highest BCUT2D eigenvalue weighted by Gasteiger charge is 2.23. The molecule has 1 aromatic rings. The number of carbonyl (C=O) groups is 2. The van der Waals surface area contributed by atoms with Gasteiger partial charge in [0.25, 0.3) is 5.91 Å². The summed E-state index contributed by atoms with van der Waals surface area (Å²) >= 11 is 3.11. The maximum atomic E-state index is 13.6. The van der Waals surface area contributed by atoms with Crippen LogP contribution in [-0.2, 0) is 9.53 Å². The van der Waals surface area contributed by atoms with Gasteiger partial charge in [-0.05, 0) is 37.0 Å². The van der Waals surface area contributed by atoms with E-state index in [0.29, 0.717) is 10.4 Å². The molecule has 1 saturated carbocycles. The lowest BCUT2D eigenvalue weighted by molar-refractivity contribution is -0.125. The lowest BCUT2D eigenvalue weighted by atomic mass is 9.86. The zero-order valence-corrected chi connectivity index (χ0v) is 14.0. The molecule has 0 bridgehead atoms. The van der Waals surface area contributed by atoms with Crippen molar-refractivity contribution in [2.24, 2.45) is 5.92 Å². The van der Waals surface area contributed by atoms with Gasteiger partial charge < -0.3 is 10.1 Å². The molecule has 120 valence electrons. The minimum Gasteiger partial charge on any atom is -0.452 e. The summed E-state index contributed by atoms with van der Waals surface area (Å²) < 4.78 is 19.0. The van der Waals surface area contributed by atoms with Crippen LogP contribution >= 0.6 is 15.9 Å². The number of esters is 1. The largest absolute Gasteiger partial charge is 0.452 e. The molecule has 0 aromatic heterocycles. The quantitative estimate of drug-likeness (QED) is 0.824. The molecule has 0 aliphatic heterocycles. The first-order valence-electron chi connectivity index (χ1n) is 7.39. The number of nitrogens with one attached hydrogen (secondary N) is 1. The van der Waals surface area contributed by atoms with Crippen molar-refractivity contribution in [1.29, 1.82) is 0 Å². The van der Waals surface area contributed by atoms with Crippen molar-refractivity contribution >= 4 is 27.8 Å². The van der Waals surface area contributed by atoms with Gasteiger partial charge >= 0.3 is 5.97 Å². The SMILES string of the molecule is C[C@H]1CCCC[C@@H]1NC(=O)COC(=O)c1ccc(Br)cc1F. The Balaban J connectivity index is 1.84. The van der Waals surface area contributed by atoms with E-state index in [2.05, 4.69) is 28.2 Å². The molecule has 1 aliphatic carbocycles. The number of amides is 1. The second-order valence-corrected chi connectivity index (χ2v) is 6.55. The van der Waals surface area contributed by atoms with E-state index in [9.17, 15) is 14.0 Å². The van der Waals surface area contributed by atoms with Crippen LogP contribution in [0, 0.1) is 11.7 Å². The van der Waals surface area contributed by atoms with Gasteiger partial charge in [-0.1, -0.05) is 35.7 Å². The lowest BCUT2D eigenvalue weighted by Crippen LogP contribution is -2.42. The van der Waals surface area contributed by atoms with Crippen LogP contribution in [-0.4, -0.2) is 24.5 Å². The highest BCUT2D eigenvalue weighted by atomic mass is 79.9. The highest BCUT2D eigenvalue weighted by molar-refractivity contribution is 9.10. The molecule has 6 heteroatoms. The first-order chi connectivity index (χ1) is 10.5. The second kappa shape index (κ2) is 7.72. The fraction of sp³-hybridized carbons (Fsp3) is 0.500. The van der Waals surface area contributed by atoms with E-state index in [4.69, 9.17) is 4.74 Å². The van der Waals surface area contributed by atoms with E-state index in [1.807, 2.05) is 0 Å². The van der Waals surface area contributed by atoms with Crippen molar-refractivity contribution in [1.82, 2.24) is 5.32 Å². The minimum absolute atomic E-state index is 0.129. The summed E-state index contributed by atoms with van der Waals surface area (Å²) in [5.74, 6) is -1.43. The summed E-state index contributed by atoms with van der Waals surface area (Å²) in [4.78, 5) is 23.6. The van der Waals surface area contributed by atoms with Gasteiger partial charge in [0.2, 0.25) is 0 Å². The Morgan fingerprint density at radius 1 is 1.36 bits per heavy atom. The van der Waals surface area contributed by atoms with Crippen molar-refractivity contribution in [3.05, 3.63) is 34.1 Å². The third kappa shape index (κ3) is 4.53. The third-order valence-corrected chi connectivity index (χ3v) is 4.44. The van der Waals surface area contributed by atoms with Crippen LogP contribution in [0.3, 0.4) is 0 Å². The number of ether oxygens (including phenoxy) is 1. The van der Waals surface area contributed by atoms with Gasteiger partial charge in [-0.2, -0.15) is 0 Å². The molecule has 0 heterocycles. The molecule has 1 N–H and O–H groups in total. The summed E-state index contributed by atoms with van der Waals surface area (Å²) in [6.07, 6.45) is 4.32. The fourth-order valence-electron chi connectivity index (χ4n) is 2.64. The third-order valence-electron chi connectivity index (χ3n) is 3.94. The van der Waals surface area contributed by atoms with Gasteiger partial charge in [-0.25, -0.2) is 9.18 Å². The molecular weight excluding hydrogens is 353 g/mol. The van der Waals surface area contributed by atoms with Crippen molar-refractivity contribution in [2.45, 2.75) is 38.6 Å². The van der Waals surface area contributed by atoms with Crippen LogP contribution < -0.4 is 5.32 Å².